The highest BCUT2D eigenvalue weighted by Gasteiger charge is 2.46. The lowest BCUT2D eigenvalue weighted by atomic mass is 10.1. The van der Waals surface area contributed by atoms with Gasteiger partial charge in [-0.25, -0.2) is 0 Å². The van der Waals surface area contributed by atoms with Crippen molar-refractivity contribution in [3.8, 4) is 0 Å². The van der Waals surface area contributed by atoms with Crippen LogP contribution in [0.5, 0.6) is 0 Å². The highest BCUT2D eigenvalue weighted by atomic mass is 35.5. The second kappa shape index (κ2) is 5.77. The van der Waals surface area contributed by atoms with E-state index in [0.717, 1.165) is 42.4 Å². The molecule has 0 radical (unpaired) electrons. The van der Waals surface area contributed by atoms with E-state index in [2.05, 4.69) is 17.9 Å². The lowest BCUT2D eigenvalue weighted by Gasteiger charge is -2.22. The Bertz CT molecular complexity index is 498. The maximum atomic E-state index is 12.6. The number of halogens is 1. The Balaban J connectivity index is 1.64. The molecule has 1 aromatic carbocycles. The summed E-state index contributed by atoms with van der Waals surface area (Å²) < 4.78 is 0. The van der Waals surface area contributed by atoms with Gasteiger partial charge in [0.25, 0.3) is 0 Å². The fraction of sp³-hybridized carbons (Fsp3) is 0.588. The van der Waals surface area contributed by atoms with Crippen LogP contribution in [0.1, 0.15) is 44.1 Å². The molecule has 2 aliphatic carbocycles. The molecule has 2 unspecified atom stereocenters. The summed E-state index contributed by atoms with van der Waals surface area (Å²) in [7, 11) is 0. The lowest BCUT2D eigenvalue weighted by Crippen LogP contribution is -2.35. The van der Waals surface area contributed by atoms with Crippen LogP contribution < -0.4 is 0 Å². The summed E-state index contributed by atoms with van der Waals surface area (Å²) in [6.45, 7) is 4.02. The molecule has 2 atom stereocenters. The van der Waals surface area contributed by atoms with Crippen molar-refractivity contribution in [2.24, 2.45) is 11.8 Å². The first kappa shape index (κ1) is 13.9. The molecule has 0 heterocycles. The van der Waals surface area contributed by atoms with Gasteiger partial charge in [-0.15, -0.1) is 0 Å². The molecular weight excluding hydrogens is 270 g/mol. The van der Waals surface area contributed by atoms with E-state index in [1.165, 1.54) is 12.8 Å². The molecule has 3 heteroatoms. The fourth-order valence-corrected chi connectivity index (χ4v) is 3.27. The van der Waals surface area contributed by atoms with Crippen LogP contribution in [0, 0.1) is 11.8 Å². The van der Waals surface area contributed by atoms with Crippen molar-refractivity contribution in [1.82, 2.24) is 4.90 Å². The molecule has 2 aliphatic rings. The molecule has 1 amide bonds. The summed E-state index contributed by atoms with van der Waals surface area (Å²) in [6.07, 6.45) is 4.60. The summed E-state index contributed by atoms with van der Waals surface area (Å²) in [5.41, 5.74) is 1.15. The van der Waals surface area contributed by atoms with Crippen LogP contribution in [0.3, 0.4) is 0 Å². The van der Waals surface area contributed by atoms with Gasteiger partial charge in [0.2, 0.25) is 5.91 Å². The average Bonchev–Trinajstić information content (AvgIpc) is 3.33. The van der Waals surface area contributed by atoms with E-state index >= 15 is 0 Å². The summed E-state index contributed by atoms with van der Waals surface area (Å²) >= 11 is 6.24. The third kappa shape index (κ3) is 3.01. The minimum absolute atomic E-state index is 0.167. The van der Waals surface area contributed by atoms with Crippen molar-refractivity contribution in [1.29, 1.82) is 0 Å². The number of carbonyl (C=O) groups excluding carboxylic acids is 1. The predicted octanol–water partition coefficient (Wildman–Crippen LogP) is 4.09. The summed E-state index contributed by atoms with van der Waals surface area (Å²) in [6, 6.07) is 7.94. The van der Waals surface area contributed by atoms with Gasteiger partial charge in [-0.1, -0.05) is 36.7 Å². The van der Waals surface area contributed by atoms with Crippen molar-refractivity contribution < 1.29 is 4.79 Å². The summed E-state index contributed by atoms with van der Waals surface area (Å²) in [5, 5.41) is 0.803. The molecule has 20 heavy (non-hydrogen) atoms. The van der Waals surface area contributed by atoms with Crippen LogP contribution in [-0.4, -0.2) is 23.9 Å². The first-order valence-corrected chi connectivity index (χ1v) is 8.11. The summed E-state index contributed by atoms with van der Waals surface area (Å²) in [4.78, 5) is 14.7. The van der Waals surface area contributed by atoms with Crippen molar-refractivity contribution >= 4 is 17.5 Å². The molecule has 0 aliphatic heterocycles. The van der Waals surface area contributed by atoms with Crippen LogP contribution in [-0.2, 0) is 4.79 Å². The van der Waals surface area contributed by atoms with Gasteiger partial charge in [0, 0.05) is 24.0 Å². The van der Waals surface area contributed by atoms with Crippen LogP contribution in [0.25, 0.3) is 0 Å². The standard InChI is InChI=1S/C17H22ClNO/c1-2-9-19(11-12-7-8-12)17(20)15-10-14(15)13-5-3-4-6-16(13)18/h3-6,12,14-15H,2,7-11H2,1H3. The largest absolute Gasteiger partial charge is 0.342 e. The first-order chi connectivity index (χ1) is 9.70. The van der Waals surface area contributed by atoms with Gasteiger partial charge in [-0.3, -0.25) is 4.79 Å². The smallest absolute Gasteiger partial charge is 0.226 e. The van der Waals surface area contributed by atoms with Crippen LogP contribution in [0.15, 0.2) is 24.3 Å². The number of nitrogens with zero attached hydrogens (tertiary/aromatic N) is 1. The maximum Gasteiger partial charge on any atom is 0.226 e. The molecule has 1 aromatic rings. The molecular formula is C17H22ClNO. The van der Waals surface area contributed by atoms with Gasteiger partial charge >= 0.3 is 0 Å². The monoisotopic (exact) mass is 291 g/mol. The van der Waals surface area contributed by atoms with E-state index in [0.29, 0.717) is 11.8 Å². The number of carbonyl (C=O) groups is 1. The fourth-order valence-electron chi connectivity index (χ4n) is 3.00. The quantitative estimate of drug-likeness (QED) is 0.773. The van der Waals surface area contributed by atoms with Gasteiger partial charge in [0.1, 0.15) is 0 Å². The van der Waals surface area contributed by atoms with Gasteiger partial charge in [-0.2, -0.15) is 0 Å². The highest BCUT2D eigenvalue weighted by molar-refractivity contribution is 6.31. The third-order valence-electron chi connectivity index (χ3n) is 4.39. The normalized spacial score (nSPS) is 24.5. The van der Waals surface area contributed by atoms with Crippen molar-refractivity contribution in [3.63, 3.8) is 0 Å². The van der Waals surface area contributed by atoms with Crippen molar-refractivity contribution in [2.75, 3.05) is 13.1 Å². The molecule has 108 valence electrons. The third-order valence-corrected chi connectivity index (χ3v) is 4.74. The number of rotatable bonds is 6. The topological polar surface area (TPSA) is 20.3 Å². The Kier molecular flexibility index (Phi) is 4.02. The van der Waals surface area contributed by atoms with Crippen LogP contribution in [0.2, 0.25) is 5.02 Å². The second-order valence-corrected chi connectivity index (χ2v) is 6.61. The molecule has 0 spiro atoms. The number of hydrogen-bond donors (Lipinski definition) is 0. The zero-order valence-electron chi connectivity index (χ0n) is 12.0. The lowest BCUT2D eigenvalue weighted by molar-refractivity contribution is -0.133. The number of benzene rings is 1. The maximum absolute atomic E-state index is 12.6. The number of amides is 1. The Hall–Kier alpha value is -1.02. The van der Waals surface area contributed by atoms with Crippen molar-refractivity contribution in [2.45, 2.75) is 38.5 Å². The van der Waals surface area contributed by atoms with E-state index in [1.54, 1.807) is 0 Å². The van der Waals surface area contributed by atoms with E-state index in [1.807, 2.05) is 18.2 Å². The summed E-state index contributed by atoms with van der Waals surface area (Å²) in [5.74, 6) is 1.63. The minimum Gasteiger partial charge on any atom is -0.342 e. The molecule has 0 N–H and O–H groups in total. The minimum atomic E-state index is 0.167. The Morgan fingerprint density at radius 1 is 1.35 bits per heavy atom. The molecule has 2 saturated carbocycles. The molecule has 0 saturated heterocycles. The van der Waals surface area contributed by atoms with Crippen LogP contribution >= 0.6 is 11.6 Å². The van der Waals surface area contributed by atoms with Gasteiger partial charge < -0.3 is 4.90 Å². The van der Waals surface area contributed by atoms with Crippen LogP contribution in [0.4, 0.5) is 0 Å². The van der Waals surface area contributed by atoms with Gasteiger partial charge in [-0.05, 0) is 49.1 Å². The Morgan fingerprint density at radius 2 is 2.10 bits per heavy atom. The first-order valence-electron chi connectivity index (χ1n) is 7.74. The average molecular weight is 292 g/mol. The molecule has 3 rings (SSSR count). The SMILES string of the molecule is CCCN(CC1CC1)C(=O)C1CC1c1ccccc1Cl. The predicted molar refractivity (Wildman–Crippen MR) is 81.9 cm³/mol. The molecule has 2 fully saturated rings. The van der Waals surface area contributed by atoms with E-state index in [-0.39, 0.29) is 5.92 Å². The Morgan fingerprint density at radius 3 is 2.75 bits per heavy atom. The van der Waals surface area contributed by atoms with Crippen molar-refractivity contribution in [3.05, 3.63) is 34.9 Å². The molecule has 0 aromatic heterocycles. The molecule has 0 bridgehead atoms. The van der Waals surface area contributed by atoms with E-state index < -0.39 is 0 Å². The molecule has 2 nitrogen and oxygen atoms in total. The zero-order valence-corrected chi connectivity index (χ0v) is 12.8. The van der Waals surface area contributed by atoms with Gasteiger partial charge in [0.05, 0.1) is 0 Å². The van der Waals surface area contributed by atoms with E-state index in [4.69, 9.17) is 11.6 Å². The van der Waals surface area contributed by atoms with E-state index in [9.17, 15) is 4.79 Å². The highest BCUT2D eigenvalue weighted by Crippen LogP contribution is 2.50. The Labute approximate surface area is 126 Å². The number of hydrogen-bond acceptors (Lipinski definition) is 1. The second-order valence-electron chi connectivity index (χ2n) is 6.20. The zero-order chi connectivity index (χ0) is 14.1. The van der Waals surface area contributed by atoms with Gasteiger partial charge in [0.15, 0.2) is 0 Å².